The van der Waals surface area contributed by atoms with Gasteiger partial charge in [-0.25, -0.2) is 4.99 Å². The number of aliphatic imine (C=N–C) groups is 1. The van der Waals surface area contributed by atoms with E-state index >= 15 is 0 Å². The van der Waals surface area contributed by atoms with Crippen molar-refractivity contribution in [1.29, 1.82) is 0 Å². The Labute approximate surface area is 315 Å². The topological polar surface area (TPSA) is 36.4 Å². The van der Waals surface area contributed by atoms with E-state index in [2.05, 4.69) is 187 Å². The molecule has 5 atom stereocenters. The van der Waals surface area contributed by atoms with Crippen molar-refractivity contribution >= 4 is 33.5 Å². The number of amidine groups is 1. The molecule has 54 heavy (non-hydrogen) atoms. The molecule has 5 unspecified atom stereocenters. The van der Waals surface area contributed by atoms with E-state index in [4.69, 9.17) is 4.99 Å². The van der Waals surface area contributed by atoms with Crippen LogP contribution in [0.2, 0.25) is 0 Å². The van der Waals surface area contributed by atoms with Gasteiger partial charge in [0.25, 0.3) is 0 Å². The van der Waals surface area contributed by atoms with Gasteiger partial charge < -0.3 is 5.32 Å². The van der Waals surface area contributed by atoms with E-state index in [0.717, 1.165) is 17.8 Å². The number of rotatable bonds is 3. The van der Waals surface area contributed by atoms with Crippen LogP contribution in [-0.4, -0.2) is 12.0 Å². The van der Waals surface area contributed by atoms with Crippen LogP contribution in [0.4, 0.5) is 0 Å². The molecule has 1 aliphatic heterocycles. The molecule has 0 bridgehead atoms. The summed E-state index contributed by atoms with van der Waals surface area (Å²) >= 11 is 0. The molecule has 1 heterocycles. The zero-order chi connectivity index (χ0) is 35.4. The number of hydrogen-bond donors (Lipinski definition) is 2. The molecule has 0 amide bonds. The summed E-state index contributed by atoms with van der Waals surface area (Å²) in [5.74, 6) is 1.35. The molecular formula is C51H37N3. The van der Waals surface area contributed by atoms with E-state index in [-0.39, 0.29) is 29.6 Å². The van der Waals surface area contributed by atoms with Crippen molar-refractivity contribution in [2.75, 3.05) is 0 Å². The lowest BCUT2D eigenvalue weighted by atomic mass is 9.64. The molecule has 12 rings (SSSR count). The van der Waals surface area contributed by atoms with Gasteiger partial charge in [-0.15, -0.1) is 0 Å². The van der Waals surface area contributed by atoms with Crippen molar-refractivity contribution in [1.82, 2.24) is 10.6 Å². The summed E-state index contributed by atoms with van der Waals surface area (Å²) in [4.78, 5) is 5.37. The molecule has 0 saturated heterocycles. The Kier molecular flexibility index (Phi) is 6.35. The highest BCUT2D eigenvalue weighted by atomic mass is 15.3. The van der Waals surface area contributed by atoms with E-state index in [1.165, 1.54) is 77.2 Å². The Morgan fingerprint density at radius 1 is 0.630 bits per heavy atom. The molecule has 4 aliphatic carbocycles. The summed E-state index contributed by atoms with van der Waals surface area (Å²) in [6.07, 6.45) is 12.6. The maximum atomic E-state index is 5.37. The van der Waals surface area contributed by atoms with E-state index in [1.54, 1.807) is 0 Å². The maximum Gasteiger partial charge on any atom is 0.131 e. The molecule has 7 aromatic carbocycles. The lowest BCUT2D eigenvalue weighted by Gasteiger charge is -2.39. The van der Waals surface area contributed by atoms with Gasteiger partial charge >= 0.3 is 0 Å². The van der Waals surface area contributed by atoms with E-state index in [1.807, 2.05) is 0 Å². The minimum absolute atomic E-state index is 0.151. The first kappa shape index (κ1) is 30.2. The molecule has 7 aromatic rings. The molecular weight excluding hydrogens is 655 g/mol. The molecule has 2 N–H and O–H groups in total. The Bertz CT molecular complexity index is 2840. The maximum absolute atomic E-state index is 5.37. The average Bonchev–Trinajstić information content (AvgIpc) is 3.69. The third-order valence-corrected chi connectivity index (χ3v) is 12.8. The quantitative estimate of drug-likeness (QED) is 0.194. The van der Waals surface area contributed by atoms with Crippen LogP contribution in [0.3, 0.4) is 0 Å². The summed E-state index contributed by atoms with van der Waals surface area (Å²) in [5.41, 5.74) is 14.2. The zero-order valence-electron chi connectivity index (χ0n) is 29.7. The van der Waals surface area contributed by atoms with E-state index < -0.39 is 0 Å². The number of benzene rings is 7. The summed E-state index contributed by atoms with van der Waals surface area (Å²) in [7, 11) is 0. The van der Waals surface area contributed by atoms with E-state index in [9.17, 15) is 0 Å². The second-order valence-electron chi connectivity index (χ2n) is 15.5. The molecule has 3 nitrogen and oxygen atoms in total. The number of nitrogens with zero attached hydrogens (tertiary/aromatic N) is 1. The number of fused-ring (bicyclic) bond motifs is 11. The first-order valence-corrected chi connectivity index (χ1v) is 19.2. The fraction of sp³-hybridized carbons (Fsp3) is 0.118. The van der Waals surface area contributed by atoms with Gasteiger partial charge in [-0.2, -0.15) is 0 Å². The minimum atomic E-state index is -0.317. The molecule has 3 heteroatoms. The second kappa shape index (κ2) is 11.4. The molecule has 0 aromatic heterocycles. The highest BCUT2D eigenvalue weighted by Gasteiger charge is 2.57. The van der Waals surface area contributed by atoms with Gasteiger partial charge in [0.05, 0.1) is 5.41 Å². The number of nitrogens with one attached hydrogen (secondary N) is 2. The Hall–Kier alpha value is -6.29. The molecule has 256 valence electrons. The lowest BCUT2D eigenvalue weighted by molar-refractivity contribution is 0.422. The zero-order valence-corrected chi connectivity index (χ0v) is 29.7. The highest BCUT2D eigenvalue weighted by Crippen LogP contribution is 2.65. The molecule has 0 fully saturated rings. The van der Waals surface area contributed by atoms with Gasteiger partial charge in [0.15, 0.2) is 0 Å². The largest absolute Gasteiger partial charge is 0.350 e. The second-order valence-corrected chi connectivity index (χ2v) is 15.5. The average molecular weight is 692 g/mol. The SMILES string of the molecule is C1=Cc2cc(C3N=C(c4ccccc4)NC(C4=CC5C(C=C4)c4ccccc4C54c5ccccc5-c5cc6ccccc6cc54)N3)cc3cccc(c23)C1. The Morgan fingerprint density at radius 3 is 2.31 bits per heavy atom. The highest BCUT2D eigenvalue weighted by molar-refractivity contribution is 6.00. The number of allylic oxidation sites excluding steroid dienone is 3. The van der Waals surface area contributed by atoms with Crippen LogP contribution in [0, 0.1) is 5.92 Å². The van der Waals surface area contributed by atoms with Gasteiger partial charge in [0.1, 0.15) is 18.2 Å². The summed E-state index contributed by atoms with van der Waals surface area (Å²) in [6.45, 7) is 0. The van der Waals surface area contributed by atoms with Crippen LogP contribution < -0.4 is 10.6 Å². The first-order valence-electron chi connectivity index (χ1n) is 19.2. The van der Waals surface area contributed by atoms with Crippen molar-refractivity contribution in [3.8, 4) is 11.1 Å². The monoisotopic (exact) mass is 691 g/mol. The summed E-state index contributed by atoms with van der Waals surface area (Å²) in [5, 5.41) is 13.1. The van der Waals surface area contributed by atoms with Crippen molar-refractivity contribution in [2.45, 2.75) is 30.1 Å². The smallest absolute Gasteiger partial charge is 0.131 e. The van der Waals surface area contributed by atoms with Crippen LogP contribution >= 0.6 is 0 Å². The molecule has 0 radical (unpaired) electrons. The minimum Gasteiger partial charge on any atom is -0.350 e. The Morgan fingerprint density at radius 2 is 1.41 bits per heavy atom. The third kappa shape index (κ3) is 4.19. The standard InChI is InChI=1S/C51H37N3/c1-2-12-32(13-3-1)48-52-49(54-50(53-48)38-26-35-18-10-16-31-17-11-19-36(27-38)47(31)35)37-24-25-41-39-20-6-8-22-43(39)51(45(41)30-37)44-23-9-7-21-40(44)42-28-33-14-4-5-15-34(33)29-46(42)51/h1-16,18-30,41,45,49-50,54H,17H2,(H,52,53). The fourth-order valence-electron chi connectivity index (χ4n) is 10.5. The van der Waals surface area contributed by atoms with Crippen LogP contribution in [0.1, 0.15) is 56.6 Å². The fourth-order valence-corrected chi connectivity index (χ4v) is 10.5. The first-order chi connectivity index (χ1) is 26.7. The van der Waals surface area contributed by atoms with Crippen LogP contribution in [0.15, 0.2) is 180 Å². The molecule has 5 aliphatic rings. The van der Waals surface area contributed by atoms with Gasteiger partial charge in [-0.1, -0.05) is 152 Å². The van der Waals surface area contributed by atoms with Crippen molar-refractivity contribution in [3.63, 3.8) is 0 Å². The predicted molar refractivity (Wildman–Crippen MR) is 222 cm³/mol. The van der Waals surface area contributed by atoms with Crippen LogP contribution in [-0.2, 0) is 11.8 Å². The van der Waals surface area contributed by atoms with E-state index in [0.29, 0.717) is 0 Å². The lowest BCUT2D eigenvalue weighted by Crippen LogP contribution is -2.52. The van der Waals surface area contributed by atoms with Crippen molar-refractivity contribution < 1.29 is 0 Å². The summed E-state index contributed by atoms with van der Waals surface area (Å²) < 4.78 is 0. The van der Waals surface area contributed by atoms with Gasteiger partial charge in [0.2, 0.25) is 0 Å². The van der Waals surface area contributed by atoms with Gasteiger partial charge in [-0.05, 0) is 108 Å². The molecule has 0 saturated carbocycles. The van der Waals surface area contributed by atoms with Crippen molar-refractivity contribution in [2.24, 2.45) is 10.9 Å². The predicted octanol–water partition coefficient (Wildman–Crippen LogP) is 10.8. The molecule has 1 spiro atoms. The van der Waals surface area contributed by atoms with Crippen LogP contribution in [0.5, 0.6) is 0 Å². The van der Waals surface area contributed by atoms with Gasteiger partial charge in [-0.3, -0.25) is 5.32 Å². The van der Waals surface area contributed by atoms with Gasteiger partial charge in [0, 0.05) is 17.4 Å². The Balaban J connectivity index is 1.03. The summed E-state index contributed by atoms with van der Waals surface area (Å²) in [6, 6.07) is 54.1. The van der Waals surface area contributed by atoms with Crippen molar-refractivity contribution in [3.05, 3.63) is 220 Å². The van der Waals surface area contributed by atoms with Crippen LogP contribution in [0.25, 0.3) is 38.7 Å². The number of hydrogen-bond acceptors (Lipinski definition) is 3. The normalized spacial score (nSPS) is 24.1. The third-order valence-electron chi connectivity index (χ3n) is 12.8.